The van der Waals surface area contributed by atoms with Crippen LogP contribution in [-0.4, -0.2) is 11.8 Å². The predicted molar refractivity (Wildman–Crippen MR) is 63.8 cm³/mol. The normalized spacial score (nSPS) is 26.6. The summed E-state index contributed by atoms with van der Waals surface area (Å²) in [5, 5.41) is 4.60. The van der Waals surface area contributed by atoms with E-state index in [0.717, 1.165) is 18.5 Å². The van der Waals surface area contributed by atoms with Gasteiger partial charge in [-0.2, -0.15) is 0 Å². The number of halogens is 2. The van der Waals surface area contributed by atoms with E-state index in [0.29, 0.717) is 10.3 Å². The fourth-order valence-corrected chi connectivity index (χ4v) is 3.15. The molecule has 1 nitrogen and oxygen atoms in total. The molecule has 0 saturated carbocycles. The SMILES string of the molecule is CC1CCNC(c2cc(F)cc(Cl)c2)S1. The van der Waals surface area contributed by atoms with Gasteiger partial charge in [0.2, 0.25) is 0 Å². The van der Waals surface area contributed by atoms with Crippen LogP contribution in [0.4, 0.5) is 4.39 Å². The first-order valence-corrected chi connectivity index (χ1v) is 6.32. The van der Waals surface area contributed by atoms with Crippen LogP contribution in [0.1, 0.15) is 24.3 Å². The third-order valence-corrected chi connectivity index (χ3v) is 4.07. The molecule has 2 atom stereocenters. The molecular weight excluding hydrogens is 233 g/mol. The summed E-state index contributed by atoms with van der Waals surface area (Å²) in [5.74, 6) is -0.266. The number of hydrogen-bond donors (Lipinski definition) is 1. The zero-order valence-electron chi connectivity index (χ0n) is 8.47. The van der Waals surface area contributed by atoms with Gasteiger partial charge in [0, 0.05) is 10.3 Å². The number of hydrogen-bond acceptors (Lipinski definition) is 2. The molecule has 1 aliphatic heterocycles. The molecule has 1 N–H and O–H groups in total. The van der Waals surface area contributed by atoms with Crippen molar-refractivity contribution in [3.63, 3.8) is 0 Å². The van der Waals surface area contributed by atoms with Crippen LogP contribution in [0.3, 0.4) is 0 Å². The molecule has 0 amide bonds. The van der Waals surface area contributed by atoms with Crippen LogP contribution in [0, 0.1) is 5.82 Å². The summed E-state index contributed by atoms with van der Waals surface area (Å²) < 4.78 is 13.2. The molecule has 15 heavy (non-hydrogen) atoms. The van der Waals surface area contributed by atoms with Crippen LogP contribution in [0.25, 0.3) is 0 Å². The summed E-state index contributed by atoms with van der Waals surface area (Å²) in [7, 11) is 0. The molecule has 0 spiro atoms. The minimum atomic E-state index is -0.266. The lowest BCUT2D eigenvalue weighted by Crippen LogP contribution is -2.28. The van der Waals surface area contributed by atoms with Gasteiger partial charge >= 0.3 is 0 Å². The molecule has 1 heterocycles. The van der Waals surface area contributed by atoms with E-state index >= 15 is 0 Å². The van der Waals surface area contributed by atoms with Gasteiger partial charge in [-0.05, 0) is 36.7 Å². The van der Waals surface area contributed by atoms with Gasteiger partial charge in [-0.3, -0.25) is 0 Å². The molecular formula is C11H13ClFNS. The number of benzene rings is 1. The van der Waals surface area contributed by atoms with Gasteiger partial charge in [-0.1, -0.05) is 18.5 Å². The van der Waals surface area contributed by atoms with Gasteiger partial charge in [0.25, 0.3) is 0 Å². The fourth-order valence-electron chi connectivity index (χ4n) is 1.69. The minimum Gasteiger partial charge on any atom is -0.302 e. The maximum Gasteiger partial charge on any atom is 0.125 e. The molecule has 82 valence electrons. The molecule has 2 unspecified atom stereocenters. The lowest BCUT2D eigenvalue weighted by molar-refractivity contribution is 0.594. The van der Waals surface area contributed by atoms with Gasteiger partial charge in [-0.25, -0.2) is 4.39 Å². The summed E-state index contributed by atoms with van der Waals surface area (Å²) >= 11 is 7.65. The van der Waals surface area contributed by atoms with Gasteiger partial charge < -0.3 is 5.32 Å². The maximum atomic E-state index is 13.2. The van der Waals surface area contributed by atoms with Crippen molar-refractivity contribution < 1.29 is 4.39 Å². The number of rotatable bonds is 1. The fraction of sp³-hybridized carbons (Fsp3) is 0.455. The van der Waals surface area contributed by atoms with Crippen molar-refractivity contribution in [2.24, 2.45) is 0 Å². The summed E-state index contributed by atoms with van der Waals surface area (Å²) in [5.41, 5.74) is 0.927. The highest BCUT2D eigenvalue weighted by molar-refractivity contribution is 8.00. The summed E-state index contributed by atoms with van der Waals surface area (Å²) in [4.78, 5) is 0. The standard InChI is InChI=1S/C11H13ClFNS/c1-7-2-3-14-11(15-7)8-4-9(12)6-10(13)5-8/h4-7,11,14H,2-3H2,1H3. The zero-order chi connectivity index (χ0) is 10.8. The van der Waals surface area contributed by atoms with Crippen molar-refractivity contribution >= 4 is 23.4 Å². The van der Waals surface area contributed by atoms with Crippen LogP contribution >= 0.6 is 23.4 Å². The molecule has 1 aliphatic rings. The van der Waals surface area contributed by atoms with Gasteiger partial charge in [0.15, 0.2) is 0 Å². The first-order valence-electron chi connectivity index (χ1n) is 5.00. The van der Waals surface area contributed by atoms with Crippen LogP contribution in [0.5, 0.6) is 0 Å². The third-order valence-electron chi connectivity index (χ3n) is 2.44. The Bertz CT molecular complexity index is 338. The summed E-state index contributed by atoms with van der Waals surface area (Å²) in [6.45, 7) is 3.17. The van der Waals surface area contributed by atoms with Crippen LogP contribution < -0.4 is 5.32 Å². The Morgan fingerprint density at radius 2 is 2.27 bits per heavy atom. The van der Waals surface area contributed by atoms with Crippen molar-refractivity contribution in [1.82, 2.24) is 5.32 Å². The predicted octanol–water partition coefficient (Wildman–Crippen LogP) is 3.59. The Labute approximate surface area is 98.4 Å². The molecule has 1 fully saturated rings. The van der Waals surface area contributed by atoms with E-state index in [1.54, 1.807) is 6.07 Å². The van der Waals surface area contributed by atoms with E-state index in [1.165, 1.54) is 6.07 Å². The monoisotopic (exact) mass is 245 g/mol. The van der Waals surface area contributed by atoms with Crippen LogP contribution in [0.2, 0.25) is 5.02 Å². The largest absolute Gasteiger partial charge is 0.302 e. The Balaban J connectivity index is 2.20. The quantitative estimate of drug-likeness (QED) is 0.812. The average Bonchev–Trinajstić information content (AvgIpc) is 2.16. The maximum absolute atomic E-state index is 13.2. The smallest absolute Gasteiger partial charge is 0.125 e. The van der Waals surface area contributed by atoms with Crippen molar-refractivity contribution in [1.29, 1.82) is 0 Å². The lowest BCUT2D eigenvalue weighted by Gasteiger charge is -2.28. The van der Waals surface area contributed by atoms with E-state index < -0.39 is 0 Å². The van der Waals surface area contributed by atoms with Crippen molar-refractivity contribution in [3.8, 4) is 0 Å². The molecule has 0 aromatic heterocycles. The third kappa shape index (κ3) is 2.86. The summed E-state index contributed by atoms with van der Waals surface area (Å²) in [6.07, 6.45) is 1.16. The Kier molecular flexibility index (Phi) is 3.54. The number of nitrogens with one attached hydrogen (secondary N) is 1. The van der Waals surface area contributed by atoms with E-state index in [-0.39, 0.29) is 11.2 Å². The first kappa shape index (κ1) is 11.2. The molecule has 0 radical (unpaired) electrons. The molecule has 0 bridgehead atoms. The second-order valence-electron chi connectivity index (χ2n) is 3.77. The Morgan fingerprint density at radius 1 is 1.47 bits per heavy atom. The first-order chi connectivity index (χ1) is 7.15. The van der Waals surface area contributed by atoms with Gasteiger partial charge in [0.1, 0.15) is 5.82 Å². The van der Waals surface area contributed by atoms with Crippen molar-refractivity contribution in [2.75, 3.05) is 6.54 Å². The Morgan fingerprint density at radius 3 is 2.93 bits per heavy atom. The second-order valence-corrected chi connectivity index (χ2v) is 5.76. The Hall–Kier alpha value is -0.250. The lowest BCUT2D eigenvalue weighted by atomic mass is 10.2. The van der Waals surface area contributed by atoms with Crippen LogP contribution in [-0.2, 0) is 0 Å². The number of thioether (sulfide) groups is 1. The molecule has 0 aliphatic carbocycles. The van der Waals surface area contributed by atoms with Gasteiger partial charge in [-0.15, -0.1) is 11.8 Å². The van der Waals surface area contributed by atoms with Gasteiger partial charge in [0.05, 0.1) is 5.37 Å². The van der Waals surface area contributed by atoms with E-state index in [4.69, 9.17) is 11.6 Å². The van der Waals surface area contributed by atoms with Crippen molar-refractivity contribution in [3.05, 3.63) is 34.6 Å². The molecule has 4 heteroatoms. The van der Waals surface area contributed by atoms with E-state index in [1.807, 2.05) is 17.8 Å². The molecule has 1 saturated heterocycles. The molecule has 2 rings (SSSR count). The average molecular weight is 246 g/mol. The van der Waals surface area contributed by atoms with E-state index in [9.17, 15) is 4.39 Å². The van der Waals surface area contributed by atoms with E-state index in [2.05, 4.69) is 12.2 Å². The zero-order valence-corrected chi connectivity index (χ0v) is 10.0. The van der Waals surface area contributed by atoms with Crippen LogP contribution in [0.15, 0.2) is 18.2 Å². The topological polar surface area (TPSA) is 12.0 Å². The highest BCUT2D eigenvalue weighted by Crippen LogP contribution is 2.35. The molecule has 1 aromatic rings. The second kappa shape index (κ2) is 4.73. The highest BCUT2D eigenvalue weighted by Gasteiger charge is 2.20. The van der Waals surface area contributed by atoms with Crippen molar-refractivity contribution in [2.45, 2.75) is 24.0 Å². The minimum absolute atomic E-state index is 0.168. The highest BCUT2D eigenvalue weighted by atomic mass is 35.5. The molecule has 1 aromatic carbocycles. The summed E-state index contributed by atoms with van der Waals surface area (Å²) in [6, 6.07) is 4.71.